The van der Waals surface area contributed by atoms with Crippen LogP contribution in [0.1, 0.15) is 28.4 Å². The highest BCUT2D eigenvalue weighted by molar-refractivity contribution is 5.94. The molecule has 0 aromatic heterocycles. The van der Waals surface area contributed by atoms with Gasteiger partial charge in [0.1, 0.15) is 5.56 Å². The van der Waals surface area contributed by atoms with Gasteiger partial charge in [-0.25, -0.2) is 4.79 Å². The Balaban J connectivity index is 3.53. The van der Waals surface area contributed by atoms with E-state index in [1.54, 1.807) is 6.92 Å². The number of carbonyl (C=O) groups is 1. The van der Waals surface area contributed by atoms with Crippen molar-refractivity contribution in [2.24, 2.45) is 0 Å². The van der Waals surface area contributed by atoms with Crippen molar-refractivity contribution in [3.63, 3.8) is 0 Å². The number of phenolic OH excluding ortho intramolecular Hbond substituents is 1. The van der Waals surface area contributed by atoms with E-state index in [9.17, 15) is 15.0 Å². The number of carboxylic acids is 1. The average molecular weight is 196 g/mol. The van der Waals surface area contributed by atoms with Gasteiger partial charge < -0.3 is 15.3 Å². The van der Waals surface area contributed by atoms with Crippen LogP contribution < -0.4 is 0 Å². The molecule has 1 aromatic carbocycles. The molecule has 0 aliphatic carbocycles. The monoisotopic (exact) mass is 196 g/mol. The highest BCUT2D eigenvalue weighted by Gasteiger charge is 2.18. The minimum absolute atomic E-state index is 0.221. The maximum Gasteiger partial charge on any atom is 0.339 e. The van der Waals surface area contributed by atoms with Gasteiger partial charge in [-0.15, -0.1) is 0 Å². The lowest BCUT2D eigenvalue weighted by atomic mass is 9.99. The molecule has 1 aromatic rings. The first-order chi connectivity index (χ1) is 6.49. The Labute approximate surface area is 81.4 Å². The smallest absolute Gasteiger partial charge is 0.339 e. The molecule has 0 aliphatic rings. The van der Waals surface area contributed by atoms with Crippen LogP contribution in [0.15, 0.2) is 6.07 Å². The lowest BCUT2D eigenvalue weighted by Crippen LogP contribution is -2.03. The molecule has 0 atom stereocenters. The fraction of sp³-hybridized carbons (Fsp3) is 0.300. The second kappa shape index (κ2) is 3.57. The van der Waals surface area contributed by atoms with Gasteiger partial charge in [-0.1, -0.05) is 6.92 Å². The molecule has 4 heteroatoms. The standard InChI is InChI=1S/C10H12O4/c1-3-6-4-7(11)9(12)8(5(6)2)10(13)14/h4,11-12H,3H2,1-2H3,(H,13,14). The third-order valence-corrected chi connectivity index (χ3v) is 2.24. The van der Waals surface area contributed by atoms with Crippen molar-refractivity contribution in [1.82, 2.24) is 0 Å². The molecule has 0 heterocycles. The van der Waals surface area contributed by atoms with Crippen molar-refractivity contribution in [2.45, 2.75) is 20.3 Å². The summed E-state index contributed by atoms with van der Waals surface area (Å²) < 4.78 is 0. The number of rotatable bonds is 2. The van der Waals surface area contributed by atoms with Crippen molar-refractivity contribution in [3.05, 3.63) is 22.8 Å². The summed E-state index contributed by atoms with van der Waals surface area (Å²) in [5.41, 5.74) is 0.995. The summed E-state index contributed by atoms with van der Waals surface area (Å²) >= 11 is 0. The quantitative estimate of drug-likeness (QED) is 0.628. The van der Waals surface area contributed by atoms with E-state index in [1.807, 2.05) is 6.92 Å². The molecule has 14 heavy (non-hydrogen) atoms. The molecular formula is C10H12O4. The van der Waals surface area contributed by atoms with E-state index < -0.39 is 11.7 Å². The SMILES string of the molecule is CCc1cc(O)c(O)c(C(=O)O)c1C. The summed E-state index contributed by atoms with van der Waals surface area (Å²) in [5, 5.41) is 27.4. The summed E-state index contributed by atoms with van der Waals surface area (Å²) in [5.74, 6) is -2.18. The van der Waals surface area contributed by atoms with Gasteiger partial charge in [0.15, 0.2) is 11.5 Å². The predicted molar refractivity (Wildman–Crippen MR) is 50.8 cm³/mol. The highest BCUT2D eigenvalue weighted by Crippen LogP contribution is 2.33. The number of hydrogen-bond donors (Lipinski definition) is 3. The van der Waals surface area contributed by atoms with Crippen molar-refractivity contribution in [3.8, 4) is 11.5 Å². The number of hydrogen-bond acceptors (Lipinski definition) is 3. The lowest BCUT2D eigenvalue weighted by molar-refractivity contribution is 0.0692. The number of aromatic hydroxyl groups is 2. The number of aromatic carboxylic acids is 1. The second-order valence-corrected chi connectivity index (χ2v) is 3.06. The summed E-state index contributed by atoms with van der Waals surface area (Å²) in [4.78, 5) is 10.8. The van der Waals surface area contributed by atoms with E-state index in [0.29, 0.717) is 12.0 Å². The average Bonchev–Trinajstić information content (AvgIpc) is 2.11. The Morgan fingerprint density at radius 3 is 2.43 bits per heavy atom. The first-order valence-electron chi connectivity index (χ1n) is 4.26. The fourth-order valence-corrected chi connectivity index (χ4v) is 1.44. The third kappa shape index (κ3) is 1.51. The van der Waals surface area contributed by atoms with E-state index in [0.717, 1.165) is 5.56 Å². The minimum Gasteiger partial charge on any atom is -0.504 e. The van der Waals surface area contributed by atoms with Gasteiger partial charge in [-0.05, 0) is 30.5 Å². The molecule has 0 saturated carbocycles. The molecule has 0 bridgehead atoms. The summed E-state index contributed by atoms with van der Waals surface area (Å²) in [6, 6.07) is 1.39. The van der Waals surface area contributed by atoms with Gasteiger partial charge in [0.2, 0.25) is 0 Å². The molecule has 0 radical (unpaired) electrons. The van der Waals surface area contributed by atoms with E-state index in [1.165, 1.54) is 6.07 Å². The molecule has 0 spiro atoms. The number of carboxylic acid groups (broad SMARTS) is 1. The normalized spacial score (nSPS) is 10.1. The van der Waals surface area contributed by atoms with Gasteiger partial charge in [-0.3, -0.25) is 0 Å². The third-order valence-electron chi connectivity index (χ3n) is 2.24. The van der Waals surface area contributed by atoms with Crippen LogP contribution in [0.4, 0.5) is 0 Å². The van der Waals surface area contributed by atoms with Crippen molar-refractivity contribution in [1.29, 1.82) is 0 Å². The van der Waals surface area contributed by atoms with Crippen LogP contribution in [-0.4, -0.2) is 21.3 Å². The summed E-state index contributed by atoms with van der Waals surface area (Å²) in [6.45, 7) is 3.46. The van der Waals surface area contributed by atoms with E-state index in [-0.39, 0.29) is 11.3 Å². The molecule has 4 nitrogen and oxygen atoms in total. The van der Waals surface area contributed by atoms with E-state index in [2.05, 4.69) is 0 Å². The van der Waals surface area contributed by atoms with Gasteiger partial charge in [0.05, 0.1) is 0 Å². The molecule has 0 amide bonds. The summed E-state index contributed by atoms with van der Waals surface area (Å²) in [6.07, 6.45) is 0.611. The van der Waals surface area contributed by atoms with Crippen LogP contribution in [-0.2, 0) is 6.42 Å². The van der Waals surface area contributed by atoms with Gasteiger partial charge >= 0.3 is 5.97 Å². The van der Waals surface area contributed by atoms with E-state index >= 15 is 0 Å². The molecule has 0 unspecified atom stereocenters. The van der Waals surface area contributed by atoms with E-state index in [4.69, 9.17) is 5.11 Å². The van der Waals surface area contributed by atoms with Crippen molar-refractivity contribution in [2.75, 3.05) is 0 Å². The molecule has 3 N–H and O–H groups in total. The Morgan fingerprint density at radius 2 is 2.00 bits per heavy atom. The van der Waals surface area contributed by atoms with Crippen LogP contribution in [0.5, 0.6) is 11.5 Å². The van der Waals surface area contributed by atoms with Crippen LogP contribution >= 0.6 is 0 Å². The first-order valence-corrected chi connectivity index (χ1v) is 4.26. The fourth-order valence-electron chi connectivity index (χ4n) is 1.44. The highest BCUT2D eigenvalue weighted by atomic mass is 16.4. The molecule has 0 fully saturated rings. The van der Waals surface area contributed by atoms with Crippen LogP contribution in [0, 0.1) is 6.92 Å². The van der Waals surface area contributed by atoms with Crippen molar-refractivity contribution >= 4 is 5.97 Å². The first kappa shape index (κ1) is 10.4. The number of benzene rings is 1. The topological polar surface area (TPSA) is 77.8 Å². The lowest BCUT2D eigenvalue weighted by Gasteiger charge is -2.10. The number of phenols is 2. The Hall–Kier alpha value is -1.71. The van der Waals surface area contributed by atoms with Crippen molar-refractivity contribution < 1.29 is 20.1 Å². The zero-order valence-electron chi connectivity index (χ0n) is 8.03. The zero-order chi connectivity index (χ0) is 10.9. The van der Waals surface area contributed by atoms with Crippen LogP contribution in [0.2, 0.25) is 0 Å². The molecule has 1 rings (SSSR count). The Kier molecular flexibility index (Phi) is 2.65. The van der Waals surface area contributed by atoms with Gasteiger partial charge in [0.25, 0.3) is 0 Å². The van der Waals surface area contributed by atoms with Crippen LogP contribution in [0.3, 0.4) is 0 Å². The Morgan fingerprint density at radius 1 is 1.43 bits per heavy atom. The van der Waals surface area contributed by atoms with Gasteiger partial charge in [-0.2, -0.15) is 0 Å². The second-order valence-electron chi connectivity index (χ2n) is 3.06. The number of aryl methyl sites for hydroxylation is 1. The minimum atomic E-state index is -1.23. The molecule has 0 aliphatic heterocycles. The maximum atomic E-state index is 10.8. The molecule has 0 saturated heterocycles. The predicted octanol–water partition coefficient (Wildman–Crippen LogP) is 1.67. The summed E-state index contributed by atoms with van der Waals surface area (Å²) in [7, 11) is 0. The maximum absolute atomic E-state index is 10.8. The molecule has 76 valence electrons. The largest absolute Gasteiger partial charge is 0.504 e. The van der Waals surface area contributed by atoms with Gasteiger partial charge in [0, 0.05) is 0 Å². The Bertz CT molecular complexity index is 382. The van der Waals surface area contributed by atoms with Crippen LogP contribution in [0.25, 0.3) is 0 Å². The zero-order valence-corrected chi connectivity index (χ0v) is 8.03. The molecular weight excluding hydrogens is 184 g/mol.